The highest BCUT2D eigenvalue weighted by Crippen LogP contribution is 2.49. The molecule has 1 aromatic heterocycles. The van der Waals surface area contributed by atoms with Crippen molar-refractivity contribution < 1.29 is 28.0 Å². The van der Waals surface area contributed by atoms with Gasteiger partial charge in [0.15, 0.2) is 0 Å². The molecule has 3 aromatic rings. The summed E-state index contributed by atoms with van der Waals surface area (Å²) in [6.07, 6.45) is 5.29. The summed E-state index contributed by atoms with van der Waals surface area (Å²) in [5.74, 6) is -0.0580. The molecule has 10 heteroatoms. The molecule has 3 aliphatic rings. The monoisotopic (exact) mass is 586 g/mol. The van der Waals surface area contributed by atoms with E-state index in [1.54, 1.807) is 18.2 Å². The molecule has 7 nitrogen and oxygen atoms in total. The van der Waals surface area contributed by atoms with Crippen LogP contribution in [0.1, 0.15) is 66.1 Å². The Morgan fingerprint density at radius 1 is 1.10 bits per heavy atom. The van der Waals surface area contributed by atoms with Crippen LogP contribution in [0.15, 0.2) is 40.9 Å². The van der Waals surface area contributed by atoms with E-state index in [1.165, 1.54) is 19.2 Å². The Morgan fingerprint density at radius 3 is 2.60 bits per heavy atom. The van der Waals surface area contributed by atoms with E-state index >= 15 is 0 Å². The molecule has 1 heterocycles. The van der Waals surface area contributed by atoms with Gasteiger partial charge in [0, 0.05) is 23.0 Å². The zero-order valence-corrected chi connectivity index (χ0v) is 23.4. The lowest BCUT2D eigenvalue weighted by molar-refractivity contribution is -0.121. The molecule has 3 fully saturated rings. The third-order valence-corrected chi connectivity index (χ3v) is 9.00. The molecule has 1 amide bonds. The molecule has 2 bridgehead atoms. The molecule has 3 saturated carbocycles. The molecule has 0 spiro atoms. The second-order valence-electron chi connectivity index (χ2n) is 11.0. The molecule has 4 atom stereocenters. The number of methoxy groups -OCH3 is 1. The van der Waals surface area contributed by atoms with Crippen molar-refractivity contribution >= 4 is 40.8 Å². The van der Waals surface area contributed by atoms with Gasteiger partial charge in [-0.3, -0.25) is 4.79 Å². The molecule has 4 unspecified atom stereocenters. The maximum atomic E-state index is 14.4. The van der Waals surface area contributed by atoms with E-state index in [2.05, 4.69) is 10.5 Å². The van der Waals surface area contributed by atoms with Crippen molar-refractivity contribution in [2.45, 2.75) is 57.2 Å². The summed E-state index contributed by atoms with van der Waals surface area (Å²) in [7, 11) is 1.25. The lowest BCUT2D eigenvalue weighted by atomic mass is 9.85. The van der Waals surface area contributed by atoms with E-state index in [-0.39, 0.29) is 35.1 Å². The first-order valence-electron chi connectivity index (χ1n) is 13.6. The van der Waals surface area contributed by atoms with Gasteiger partial charge in [-0.15, -0.1) is 0 Å². The summed E-state index contributed by atoms with van der Waals surface area (Å²) >= 11 is 13.0. The number of hydrogen-bond donors (Lipinski definition) is 1. The Kier molecular flexibility index (Phi) is 7.59. The molecule has 3 aliphatic carbocycles. The highest BCUT2D eigenvalue weighted by Gasteiger charge is 2.45. The molecular weight excluding hydrogens is 558 g/mol. The number of amides is 1. The van der Waals surface area contributed by atoms with Crippen LogP contribution in [-0.4, -0.2) is 30.2 Å². The Bertz CT molecular complexity index is 1440. The maximum Gasteiger partial charge on any atom is 0.337 e. The predicted molar refractivity (Wildman–Crippen MR) is 148 cm³/mol. The third kappa shape index (κ3) is 5.37. The minimum Gasteiger partial charge on any atom is -0.465 e. The quantitative estimate of drug-likeness (QED) is 0.276. The molecule has 40 heavy (non-hydrogen) atoms. The van der Waals surface area contributed by atoms with Gasteiger partial charge in [-0.2, -0.15) is 0 Å². The molecular formula is C30H29Cl2FN2O5. The first kappa shape index (κ1) is 27.2. The normalized spacial score (nSPS) is 23.7. The summed E-state index contributed by atoms with van der Waals surface area (Å²) in [5, 5.41) is 8.06. The zero-order valence-electron chi connectivity index (χ0n) is 21.9. The van der Waals surface area contributed by atoms with Crippen molar-refractivity contribution in [1.82, 2.24) is 5.16 Å². The molecule has 0 saturated heterocycles. The van der Waals surface area contributed by atoms with Crippen molar-refractivity contribution in [1.29, 1.82) is 0 Å². The fourth-order valence-electron chi connectivity index (χ4n) is 6.30. The third-order valence-electron chi connectivity index (χ3n) is 8.37. The van der Waals surface area contributed by atoms with E-state index in [0.29, 0.717) is 39.7 Å². The van der Waals surface area contributed by atoms with Gasteiger partial charge >= 0.3 is 5.97 Å². The molecule has 1 N–H and O–H groups in total. The van der Waals surface area contributed by atoms with Crippen molar-refractivity contribution in [3.8, 4) is 11.3 Å². The number of esters is 1. The number of carbonyl (C=O) groups excluding carboxylic acids is 2. The number of nitrogens with one attached hydrogen (secondary N) is 1. The van der Waals surface area contributed by atoms with Crippen LogP contribution in [0.3, 0.4) is 0 Å². The lowest BCUT2D eigenvalue weighted by Crippen LogP contribution is -2.29. The second-order valence-corrected chi connectivity index (χ2v) is 11.8. The topological polar surface area (TPSA) is 90.7 Å². The fraction of sp³-hybridized carbons (Fsp3) is 0.433. The van der Waals surface area contributed by atoms with Crippen molar-refractivity contribution in [3.63, 3.8) is 0 Å². The van der Waals surface area contributed by atoms with Crippen LogP contribution < -0.4 is 5.32 Å². The summed E-state index contributed by atoms with van der Waals surface area (Å²) in [4.78, 5) is 25.1. The van der Waals surface area contributed by atoms with Gasteiger partial charge in [0.2, 0.25) is 5.91 Å². The number of aromatic nitrogens is 1. The molecule has 6 rings (SSSR count). The summed E-state index contributed by atoms with van der Waals surface area (Å²) in [6.45, 7) is 0.318. The van der Waals surface area contributed by atoms with Gasteiger partial charge in [-0.25, -0.2) is 9.18 Å². The Morgan fingerprint density at radius 2 is 1.88 bits per heavy atom. The standard InChI is InChI=1S/C30H29Cl2FN2O5/c1-38-30(37)17-7-8-24(33)25(13-17)34-29(36)20-11-15-9-18(20)12-19(10-15)39-14-21-27(35-40-28(21)16-5-6-16)26-22(31)3-2-4-23(26)32/h2-4,7-8,13,15-16,18-20H,5-6,9-12,14H2,1H3,(H,34,36). The number of nitrogens with zero attached hydrogens (tertiary/aromatic N) is 1. The predicted octanol–water partition coefficient (Wildman–Crippen LogP) is 7.41. The maximum absolute atomic E-state index is 14.4. The van der Waals surface area contributed by atoms with Gasteiger partial charge in [0.1, 0.15) is 17.3 Å². The van der Waals surface area contributed by atoms with E-state index in [1.807, 2.05) is 0 Å². The number of anilines is 1. The first-order valence-corrected chi connectivity index (χ1v) is 14.3. The summed E-state index contributed by atoms with van der Waals surface area (Å²) in [5.41, 5.74) is 2.29. The molecule has 0 aliphatic heterocycles. The van der Waals surface area contributed by atoms with Crippen LogP contribution in [0.2, 0.25) is 10.0 Å². The van der Waals surface area contributed by atoms with E-state index in [9.17, 15) is 14.0 Å². The largest absolute Gasteiger partial charge is 0.465 e. The highest BCUT2D eigenvalue weighted by atomic mass is 35.5. The first-order chi connectivity index (χ1) is 19.3. The van der Waals surface area contributed by atoms with E-state index in [4.69, 9.17) is 37.2 Å². The van der Waals surface area contributed by atoms with Crippen molar-refractivity contribution in [3.05, 3.63) is 69.1 Å². The van der Waals surface area contributed by atoms with E-state index < -0.39 is 11.8 Å². The van der Waals surface area contributed by atoms with Crippen LogP contribution in [0.4, 0.5) is 10.1 Å². The average molecular weight is 587 g/mol. The lowest BCUT2D eigenvalue weighted by Gasteiger charge is -2.28. The number of hydrogen-bond acceptors (Lipinski definition) is 6. The highest BCUT2D eigenvalue weighted by molar-refractivity contribution is 6.39. The number of benzene rings is 2. The van der Waals surface area contributed by atoms with Crippen LogP contribution in [0.5, 0.6) is 0 Å². The molecule has 210 valence electrons. The van der Waals surface area contributed by atoms with E-state index in [0.717, 1.165) is 55.9 Å². The van der Waals surface area contributed by atoms with Gasteiger partial charge < -0.3 is 19.3 Å². The minimum atomic E-state index is -0.599. The fourth-order valence-corrected chi connectivity index (χ4v) is 6.87. The Hall–Kier alpha value is -2.94. The van der Waals surface area contributed by atoms with Gasteiger partial charge in [-0.05, 0) is 80.7 Å². The van der Waals surface area contributed by atoms with Crippen LogP contribution >= 0.6 is 23.2 Å². The van der Waals surface area contributed by atoms with Crippen molar-refractivity contribution in [2.75, 3.05) is 12.4 Å². The number of fused-ring (bicyclic) bond motifs is 2. The molecule has 0 radical (unpaired) electrons. The van der Waals surface area contributed by atoms with Gasteiger partial charge in [0.25, 0.3) is 0 Å². The number of rotatable bonds is 8. The minimum absolute atomic E-state index is 0.0204. The number of halogens is 3. The van der Waals surface area contributed by atoms with Crippen molar-refractivity contribution in [2.24, 2.45) is 17.8 Å². The van der Waals surface area contributed by atoms with Crippen LogP contribution in [0, 0.1) is 23.6 Å². The second kappa shape index (κ2) is 11.1. The van der Waals surface area contributed by atoms with Crippen LogP contribution in [-0.2, 0) is 20.9 Å². The SMILES string of the molecule is COC(=O)c1ccc(F)c(NC(=O)C2CC3CC(OCc4c(-c5c(Cl)cccc5Cl)noc4C4CC4)CC2C3)c1. The average Bonchev–Trinajstić information content (AvgIpc) is 3.63. The zero-order chi connectivity index (χ0) is 28.0. The van der Waals surface area contributed by atoms with Crippen LogP contribution in [0.25, 0.3) is 11.3 Å². The summed E-state index contributed by atoms with van der Waals surface area (Å²) < 4.78 is 31.4. The van der Waals surface area contributed by atoms with Gasteiger partial charge in [-0.1, -0.05) is 34.4 Å². The summed E-state index contributed by atoms with van der Waals surface area (Å²) in [6, 6.07) is 9.15. The Balaban J connectivity index is 1.14. The Labute approximate surface area is 241 Å². The smallest absolute Gasteiger partial charge is 0.337 e. The number of ether oxygens (including phenoxy) is 2. The number of carbonyl (C=O) groups is 2. The van der Waals surface area contributed by atoms with Gasteiger partial charge in [0.05, 0.1) is 41.1 Å². The molecule has 2 aromatic carbocycles.